The Hall–Kier alpha value is -3.09. The number of aromatic nitrogens is 3. The largest absolute Gasteiger partial charge is 0.481 e. The molecule has 26 heavy (non-hydrogen) atoms. The van der Waals surface area contributed by atoms with Gasteiger partial charge in [-0.15, -0.1) is 0 Å². The lowest BCUT2D eigenvalue weighted by molar-refractivity contribution is -0.138. The Bertz CT molecular complexity index is 930. The van der Waals surface area contributed by atoms with Crippen LogP contribution in [0.3, 0.4) is 0 Å². The van der Waals surface area contributed by atoms with Gasteiger partial charge in [0.25, 0.3) is 0 Å². The minimum atomic E-state index is -0.723. The number of rotatable bonds is 4. The summed E-state index contributed by atoms with van der Waals surface area (Å²) in [6.07, 6.45) is 3.73. The number of hydrogen-bond donors (Lipinski definition) is 2. The maximum absolute atomic E-state index is 10.9. The van der Waals surface area contributed by atoms with Crippen LogP contribution in [0.25, 0.3) is 16.8 Å². The van der Waals surface area contributed by atoms with Crippen LogP contribution in [0, 0.1) is 5.92 Å². The van der Waals surface area contributed by atoms with E-state index in [4.69, 9.17) is 15.8 Å². The Morgan fingerprint density at radius 3 is 2.65 bits per heavy atom. The number of carboxylic acid groups (broad SMARTS) is 1. The van der Waals surface area contributed by atoms with Gasteiger partial charge in [-0.3, -0.25) is 4.79 Å². The number of hydrogen-bond acceptors (Lipinski definition) is 5. The molecule has 0 radical (unpaired) electrons. The van der Waals surface area contributed by atoms with Gasteiger partial charge in [-0.2, -0.15) is 9.61 Å². The second-order valence-electron chi connectivity index (χ2n) is 6.73. The van der Waals surface area contributed by atoms with Crippen LogP contribution in [0.2, 0.25) is 0 Å². The lowest BCUT2D eigenvalue weighted by Gasteiger charge is -2.32. The average molecular weight is 351 g/mol. The third kappa shape index (κ3) is 3.08. The van der Waals surface area contributed by atoms with E-state index in [2.05, 4.69) is 10.00 Å². The van der Waals surface area contributed by atoms with Crippen molar-refractivity contribution in [3.63, 3.8) is 0 Å². The zero-order valence-corrected chi connectivity index (χ0v) is 14.4. The second kappa shape index (κ2) is 6.67. The second-order valence-corrected chi connectivity index (χ2v) is 6.73. The van der Waals surface area contributed by atoms with E-state index in [-0.39, 0.29) is 12.3 Å². The molecule has 0 saturated carbocycles. The summed E-state index contributed by atoms with van der Waals surface area (Å²) in [4.78, 5) is 17.9. The van der Waals surface area contributed by atoms with Crippen molar-refractivity contribution in [2.45, 2.75) is 19.3 Å². The van der Waals surface area contributed by atoms with Crippen molar-refractivity contribution in [3.8, 4) is 11.1 Å². The minimum absolute atomic E-state index is 0.236. The molecule has 1 aliphatic heterocycles. The number of piperidine rings is 1. The van der Waals surface area contributed by atoms with Gasteiger partial charge in [-0.05, 0) is 24.3 Å². The van der Waals surface area contributed by atoms with E-state index in [0.717, 1.165) is 48.5 Å². The third-order valence-corrected chi connectivity index (χ3v) is 4.97. The quantitative estimate of drug-likeness (QED) is 0.750. The molecule has 2 aromatic heterocycles. The Balaban J connectivity index is 1.64. The number of carboxylic acids is 1. The summed E-state index contributed by atoms with van der Waals surface area (Å²) < 4.78 is 1.66. The Morgan fingerprint density at radius 1 is 1.23 bits per heavy atom. The van der Waals surface area contributed by atoms with Gasteiger partial charge in [0.15, 0.2) is 5.65 Å². The molecular formula is C19H21N5O2. The Kier molecular flexibility index (Phi) is 4.20. The van der Waals surface area contributed by atoms with E-state index in [9.17, 15) is 4.79 Å². The first-order valence-electron chi connectivity index (χ1n) is 8.78. The van der Waals surface area contributed by atoms with Crippen LogP contribution < -0.4 is 10.6 Å². The summed E-state index contributed by atoms with van der Waals surface area (Å²) in [6.45, 7) is 1.57. The maximum atomic E-state index is 10.9. The summed E-state index contributed by atoms with van der Waals surface area (Å²) in [5.41, 5.74) is 8.93. The summed E-state index contributed by atoms with van der Waals surface area (Å²) in [5, 5.41) is 13.3. The molecule has 3 heterocycles. The summed E-state index contributed by atoms with van der Waals surface area (Å²) in [6, 6.07) is 11.8. The van der Waals surface area contributed by atoms with Crippen molar-refractivity contribution >= 4 is 23.3 Å². The third-order valence-electron chi connectivity index (χ3n) is 4.97. The van der Waals surface area contributed by atoms with Gasteiger partial charge in [0.2, 0.25) is 0 Å². The lowest BCUT2D eigenvalue weighted by Crippen LogP contribution is -2.35. The van der Waals surface area contributed by atoms with Crippen molar-refractivity contribution in [2.24, 2.45) is 5.92 Å². The van der Waals surface area contributed by atoms with Gasteiger partial charge in [0.1, 0.15) is 11.6 Å². The van der Waals surface area contributed by atoms with Gasteiger partial charge >= 0.3 is 5.97 Å². The van der Waals surface area contributed by atoms with E-state index in [1.54, 1.807) is 10.7 Å². The van der Waals surface area contributed by atoms with Crippen molar-refractivity contribution < 1.29 is 9.90 Å². The molecular weight excluding hydrogens is 330 g/mol. The molecule has 0 unspecified atom stereocenters. The van der Waals surface area contributed by atoms with Crippen LogP contribution in [0.4, 0.5) is 11.6 Å². The number of aliphatic carboxylic acids is 1. The van der Waals surface area contributed by atoms with Crippen LogP contribution in [0.1, 0.15) is 19.3 Å². The normalized spacial score (nSPS) is 15.5. The summed E-state index contributed by atoms with van der Waals surface area (Å²) in [7, 11) is 0. The highest BCUT2D eigenvalue weighted by atomic mass is 16.4. The molecule has 4 rings (SSSR count). The molecule has 0 amide bonds. The molecule has 1 saturated heterocycles. The number of fused-ring (bicyclic) bond motifs is 1. The number of nitrogens with zero attached hydrogens (tertiary/aromatic N) is 4. The van der Waals surface area contributed by atoms with E-state index >= 15 is 0 Å². The molecule has 7 heteroatoms. The van der Waals surface area contributed by atoms with Crippen molar-refractivity contribution in [3.05, 3.63) is 42.6 Å². The first-order chi connectivity index (χ1) is 12.6. The molecule has 1 aromatic carbocycles. The highest BCUT2D eigenvalue weighted by Crippen LogP contribution is 2.29. The Morgan fingerprint density at radius 2 is 1.96 bits per heavy atom. The van der Waals surface area contributed by atoms with Gasteiger partial charge < -0.3 is 15.7 Å². The van der Waals surface area contributed by atoms with Crippen molar-refractivity contribution in [2.75, 3.05) is 23.7 Å². The minimum Gasteiger partial charge on any atom is -0.481 e. The molecule has 1 aliphatic rings. The monoisotopic (exact) mass is 351 g/mol. The fourth-order valence-corrected chi connectivity index (χ4v) is 3.57. The van der Waals surface area contributed by atoms with E-state index in [1.165, 1.54) is 0 Å². The number of carbonyl (C=O) groups is 1. The van der Waals surface area contributed by atoms with Crippen molar-refractivity contribution in [1.29, 1.82) is 0 Å². The molecule has 134 valence electrons. The SMILES string of the molecule is Nc1cc(N2CCC(CC(=O)O)CC2)nc2c(-c3ccccc3)cnn12. The topological polar surface area (TPSA) is 96.8 Å². The molecule has 1 fully saturated rings. The van der Waals surface area contributed by atoms with Crippen LogP contribution in [-0.2, 0) is 4.79 Å². The zero-order chi connectivity index (χ0) is 18.1. The Labute approximate surface area is 151 Å². The number of benzene rings is 1. The molecule has 0 spiro atoms. The van der Waals surface area contributed by atoms with Gasteiger partial charge in [0, 0.05) is 31.1 Å². The van der Waals surface area contributed by atoms with E-state index < -0.39 is 5.97 Å². The average Bonchev–Trinajstić information content (AvgIpc) is 3.07. The highest BCUT2D eigenvalue weighted by Gasteiger charge is 2.23. The molecule has 0 atom stereocenters. The predicted molar refractivity (Wildman–Crippen MR) is 100 cm³/mol. The highest BCUT2D eigenvalue weighted by molar-refractivity contribution is 5.79. The van der Waals surface area contributed by atoms with E-state index in [1.807, 2.05) is 36.4 Å². The fourth-order valence-electron chi connectivity index (χ4n) is 3.57. The van der Waals surface area contributed by atoms with Crippen molar-refractivity contribution in [1.82, 2.24) is 14.6 Å². The summed E-state index contributed by atoms with van der Waals surface area (Å²) in [5.74, 6) is 0.875. The van der Waals surface area contributed by atoms with Gasteiger partial charge in [-0.25, -0.2) is 4.98 Å². The van der Waals surface area contributed by atoms with Crippen LogP contribution in [0.15, 0.2) is 42.6 Å². The van der Waals surface area contributed by atoms with Gasteiger partial charge in [0.05, 0.1) is 6.20 Å². The zero-order valence-electron chi connectivity index (χ0n) is 14.4. The lowest BCUT2D eigenvalue weighted by atomic mass is 9.94. The smallest absolute Gasteiger partial charge is 0.303 e. The van der Waals surface area contributed by atoms with Gasteiger partial charge in [-0.1, -0.05) is 30.3 Å². The number of nitrogen functional groups attached to an aromatic ring is 1. The van der Waals surface area contributed by atoms with E-state index in [0.29, 0.717) is 5.82 Å². The summed E-state index contributed by atoms with van der Waals surface area (Å²) >= 11 is 0. The number of nitrogens with two attached hydrogens (primary N) is 1. The fraction of sp³-hybridized carbons (Fsp3) is 0.316. The molecule has 7 nitrogen and oxygen atoms in total. The first kappa shape index (κ1) is 16.4. The predicted octanol–water partition coefficient (Wildman–Crippen LogP) is 2.67. The van der Waals surface area contributed by atoms with Crippen LogP contribution >= 0.6 is 0 Å². The standard InChI is InChI=1S/C19H21N5O2/c20-16-11-17(23-8-6-13(7-9-23)10-18(25)26)22-19-15(12-21-24(16)19)14-4-2-1-3-5-14/h1-5,11-13H,6-10,20H2,(H,25,26). The molecule has 3 N–H and O–H groups in total. The molecule has 0 aliphatic carbocycles. The molecule has 0 bridgehead atoms. The maximum Gasteiger partial charge on any atom is 0.303 e. The van der Waals surface area contributed by atoms with Crippen LogP contribution in [0.5, 0.6) is 0 Å². The number of anilines is 2. The molecule has 3 aromatic rings. The first-order valence-corrected chi connectivity index (χ1v) is 8.78. The van der Waals surface area contributed by atoms with Crippen LogP contribution in [-0.4, -0.2) is 38.8 Å².